The summed E-state index contributed by atoms with van der Waals surface area (Å²) < 4.78 is 0. The fourth-order valence-electron chi connectivity index (χ4n) is 1.73. The number of fused-ring (bicyclic) bond motifs is 1. The van der Waals surface area contributed by atoms with Crippen molar-refractivity contribution in [2.24, 2.45) is 11.7 Å². The Bertz CT molecular complexity index is 487. The molecule has 3 nitrogen and oxygen atoms in total. The summed E-state index contributed by atoms with van der Waals surface area (Å²) in [5.74, 6) is -0.371. The molecule has 3 N–H and O–H groups in total. The number of amides is 1. The van der Waals surface area contributed by atoms with Crippen LogP contribution in [0.4, 0.5) is 0 Å². The predicted octanol–water partition coefficient (Wildman–Crippen LogP) is 1.83. The third-order valence-electron chi connectivity index (χ3n) is 2.69. The minimum atomic E-state index is -0.250. The average Bonchev–Trinajstić information content (AvgIpc) is 2.62. The number of rotatable bonds is 3. The SMILES string of the molecule is CC(Cc1c[nH]c2ccccc12)C(N)=O. The number of aromatic amines is 1. The molecule has 0 saturated carbocycles. The summed E-state index contributed by atoms with van der Waals surface area (Å²) in [4.78, 5) is 14.2. The van der Waals surface area contributed by atoms with Crippen molar-refractivity contribution in [3.63, 3.8) is 0 Å². The van der Waals surface area contributed by atoms with Gasteiger partial charge in [-0.2, -0.15) is 0 Å². The highest BCUT2D eigenvalue weighted by atomic mass is 16.1. The Balaban J connectivity index is 2.32. The van der Waals surface area contributed by atoms with Crippen LogP contribution in [0.1, 0.15) is 12.5 Å². The Morgan fingerprint density at radius 2 is 2.20 bits per heavy atom. The molecule has 15 heavy (non-hydrogen) atoms. The summed E-state index contributed by atoms with van der Waals surface area (Å²) in [6.45, 7) is 1.85. The second kappa shape index (κ2) is 3.77. The molecule has 1 amide bonds. The molecule has 1 heterocycles. The van der Waals surface area contributed by atoms with E-state index in [2.05, 4.69) is 11.1 Å². The zero-order valence-electron chi connectivity index (χ0n) is 8.66. The van der Waals surface area contributed by atoms with E-state index in [0.29, 0.717) is 6.42 Å². The van der Waals surface area contributed by atoms with Gasteiger partial charge < -0.3 is 10.7 Å². The van der Waals surface area contributed by atoms with Gasteiger partial charge in [0.15, 0.2) is 0 Å². The maximum Gasteiger partial charge on any atom is 0.220 e. The number of primary amides is 1. The van der Waals surface area contributed by atoms with Crippen molar-refractivity contribution >= 4 is 16.8 Å². The van der Waals surface area contributed by atoms with Crippen LogP contribution in [0.15, 0.2) is 30.5 Å². The topological polar surface area (TPSA) is 58.9 Å². The normalized spacial score (nSPS) is 12.9. The maximum atomic E-state index is 11.0. The van der Waals surface area contributed by atoms with Crippen molar-refractivity contribution in [3.05, 3.63) is 36.0 Å². The zero-order valence-corrected chi connectivity index (χ0v) is 8.66. The van der Waals surface area contributed by atoms with Gasteiger partial charge in [0.2, 0.25) is 5.91 Å². The monoisotopic (exact) mass is 202 g/mol. The number of H-pyrrole nitrogens is 1. The first-order valence-electron chi connectivity index (χ1n) is 5.03. The van der Waals surface area contributed by atoms with Gasteiger partial charge in [0.25, 0.3) is 0 Å². The van der Waals surface area contributed by atoms with Crippen molar-refractivity contribution in [2.75, 3.05) is 0 Å². The summed E-state index contributed by atoms with van der Waals surface area (Å²) in [6.07, 6.45) is 2.64. The smallest absolute Gasteiger partial charge is 0.220 e. The van der Waals surface area contributed by atoms with Gasteiger partial charge in [-0.15, -0.1) is 0 Å². The summed E-state index contributed by atoms with van der Waals surface area (Å²) >= 11 is 0. The van der Waals surface area contributed by atoms with Crippen LogP contribution in [-0.4, -0.2) is 10.9 Å². The minimum absolute atomic E-state index is 0.121. The van der Waals surface area contributed by atoms with Crippen molar-refractivity contribution in [3.8, 4) is 0 Å². The van der Waals surface area contributed by atoms with E-state index in [0.717, 1.165) is 11.1 Å². The van der Waals surface area contributed by atoms with Gasteiger partial charge in [0.1, 0.15) is 0 Å². The lowest BCUT2D eigenvalue weighted by atomic mass is 10.0. The van der Waals surface area contributed by atoms with E-state index in [1.807, 2.05) is 31.3 Å². The Morgan fingerprint density at radius 1 is 1.47 bits per heavy atom. The van der Waals surface area contributed by atoms with Crippen LogP contribution < -0.4 is 5.73 Å². The van der Waals surface area contributed by atoms with Gasteiger partial charge in [0.05, 0.1) is 0 Å². The van der Waals surface area contributed by atoms with Crippen molar-refractivity contribution < 1.29 is 4.79 Å². The van der Waals surface area contributed by atoms with Crippen molar-refractivity contribution in [2.45, 2.75) is 13.3 Å². The minimum Gasteiger partial charge on any atom is -0.369 e. The molecule has 78 valence electrons. The van der Waals surface area contributed by atoms with Crippen LogP contribution in [-0.2, 0) is 11.2 Å². The van der Waals surface area contributed by atoms with E-state index < -0.39 is 0 Å². The number of carbonyl (C=O) groups excluding carboxylic acids is 1. The second-order valence-electron chi connectivity index (χ2n) is 3.87. The molecule has 2 aromatic rings. The van der Waals surface area contributed by atoms with Crippen LogP contribution >= 0.6 is 0 Å². The molecular weight excluding hydrogens is 188 g/mol. The molecule has 1 unspecified atom stereocenters. The molecule has 0 aliphatic rings. The maximum absolute atomic E-state index is 11.0. The number of nitrogens with two attached hydrogens (primary N) is 1. The Kier molecular flexibility index (Phi) is 2.46. The van der Waals surface area contributed by atoms with Crippen LogP contribution in [0.3, 0.4) is 0 Å². The van der Waals surface area contributed by atoms with E-state index in [1.165, 1.54) is 5.39 Å². The molecule has 0 bridgehead atoms. The Labute approximate surface area is 88.3 Å². The molecule has 1 aromatic heterocycles. The Morgan fingerprint density at radius 3 is 2.93 bits per heavy atom. The zero-order chi connectivity index (χ0) is 10.8. The molecule has 0 aliphatic carbocycles. The fourth-order valence-corrected chi connectivity index (χ4v) is 1.73. The average molecular weight is 202 g/mol. The number of para-hydroxylation sites is 1. The third-order valence-corrected chi connectivity index (χ3v) is 2.69. The van der Waals surface area contributed by atoms with Crippen LogP contribution in [0, 0.1) is 5.92 Å². The first-order valence-corrected chi connectivity index (χ1v) is 5.03. The van der Waals surface area contributed by atoms with Crippen LogP contribution in [0.5, 0.6) is 0 Å². The highest BCUT2D eigenvalue weighted by molar-refractivity contribution is 5.84. The van der Waals surface area contributed by atoms with Crippen LogP contribution in [0.25, 0.3) is 10.9 Å². The van der Waals surface area contributed by atoms with Crippen molar-refractivity contribution in [1.29, 1.82) is 0 Å². The quantitative estimate of drug-likeness (QED) is 0.783. The van der Waals surface area contributed by atoms with Gasteiger partial charge in [-0.1, -0.05) is 25.1 Å². The lowest BCUT2D eigenvalue weighted by molar-refractivity contribution is -0.121. The lowest BCUT2D eigenvalue weighted by Gasteiger charge is -2.05. The highest BCUT2D eigenvalue weighted by Gasteiger charge is 2.12. The van der Waals surface area contributed by atoms with E-state index in [4.69, 9.17) is 5.73 Å². The highest BCUT2D eigenvalue weighted by Crippen LogP contribution is 2.20. The molecule has 0 fully saturated rings. The molecule has 0 saturated heterocycles. The van der Waals surface area contributed by atoms with Gasteiger partial charge in [-0.05, 0) is 18.1 Å². The van der Waals surface area contributed by atoms with E-state index in [9.17, 15) is 4.79 Å². The van der Waals surface area contributed by atoms with Gasteiger partial charge in [-0.25, -0.2) is 0 Å². The molecule has 0 radical (unpaired) electrons. The second-order valence-corrected chi connectivity index (χ2v) is 3.87. The summed E-state index contributed by atoms with van der Waals surface area (Å²) in [5, 5.41) is 1.17. The van der Waals surface area contributed by atoms with Gasteiger partial charge in [-0.3, -0.25) is 4.79 Å². The number of aromatic nitrogens is 1. The molecular formula is C12H14N2O. The van der Waals surface area contributed by atoms with E-state index in [-0.39, 0.29) is 11.8 Å². The first-order chi connectivity index (χ1) is 7.18. The fraction of sp³-hybridized carbons (Fsp3) is 0.250. The van der Waals surface area contributed by atoms with E-state index in [1.54, 1.807) is 0 Å². The summed E-state index contributed by atoms with van der Waals surface area (Å²) in [5.41, 5.74) is 7.50. The standard InChI is InChI=1S/C12H14N2O/c1-8(12(13)15)6-9-7-14-11-5-3-2-4-10(9)11/h2-5,7-8,14H,6H2,1H3,(H2,13,15). The van der Waals surface area contributed by atoms with Crippen LogP contribution in [0.2, 0.25) is 0 Å². The number of carbonyl (C=O) groups is 1. The van der Waals surface area contributed by atoms with E-state index >= 15 is 0 Å². The Hall–Kier alpha value is -1.77. The number of benzene rings is 1. The summed E-state index contributed by atoms with van der Waals surface area (Å²) in [6, 6.07) is 8.05. The lowest BCUT2D eigenvalue weighted by Crippen LogP contribution is -2.22. The van der Waals surface area contributed by atoms with Gasteiger partial charge >= 0.3 is 0 Å². The molecule has 1 atom stereocenters. The largest absolute Gasteiger partial charge is 0.369 e. The molecule has 2 rings (SSSR count). The first kappa shape index (κ1) is 9.77. The number of hydrogen-bond donors (Lipinski definition) is 2. The number of nitrogens with one attached hydrogen (secondary N) is 1. The molecule has 0 spiro atoms. The molecule has 1 aromatic carbocycles. The third kappa shape index (κ3) is 1.86. The predicted molar refractivity (Wildman–Crippen MR) is 60.4 cm³/mol. The molecule has 0 aliphatic heterocycles. The summed E-state index contributed by atoms with van der Waals surface area (Å²) in [7, 11) is 0. The van der Waals surface area contributed by atoms with Crippen molar-refractivity contribution in [1.82, 2.24) is 4.98 Å². The molecule has 3 heteroatoms. The number of hydrogen-bond acceptors (Lipinski definition) is 1. The van der Waals surface area contributed by atoms with Gasteiger partial charge in [0, 0.05) is 23.0 Å².